The van der Waals surface area contributed by atoms with Crippen LogP contribution < -0.4 is 16.4 Å². The summed E-state index contributed by atoms with van der Waals surface area (Å²) in [4.78, 5) is 8.25. The zero-order chi connectivity index (χ0) is 13.0. The molecule has 5 nitrogen and oxygen atoms in total. The van der Waals surface area contributed by atoms with Crippen LogP contribution in [0.1, 0.15) is 6.92 Å². The van der Waals surface area contributed by atoms with E-state index in [-0.39, 0.29) is 0 Å². The summed E-state index contributed by atoms with van der Waals surface area (Å²) in [6.45, 7) is 2.76. The Morgan fingerprint density at radius 2 is 1.83 bits per heavy atom. The van der Waals surface area contributed by atoms with Gasteiger partial charge in [-0.05, 0) is 53.8 Å². The first-order valence-electron chi connectivity index (χ1n) is 5.57. The van der Waals surface area contributed by atoms with Gasteiger partial charge in [0.15, 0.2) is 11.6 Å². The van der Waals surface area contributed by atoms with Gasteiger partial charge in [-0.1, -0.05) is 0 Å². The Kier molecular flexibility index (Phi) is 4.19. The van der Waals surface area contributed by atoms with Crippen molar-refractivity contribution in [2.24, 2.45) is 0 Å². The average Bonchev–Trinajstić information content (AvgIpc) is 2.37. The minimum atomic E-state index is 0.526. The Bertz CT molecular complexity index is 526. The number of aromatic nitrogens is 2. The molecular formula is C12H14IN5. The molecule has 18 heavy (non-hydrogen) atoms. The van der Waals surface area contributed by atoms with Crippen LogP contribution in [0, 0.1) is 3.57 Å². The molecule has 0 radical (unpaired) electrons. The van der Waals surface area contributed by atoms with Crippen molar-refractivity contribution in [2.45, 2.75) is 6.92 Å². The molecule has 0 aliphatic rings. The monoisotopic (exact) mass is 355 g/mol. The summed E-state index contributed by atoms with van der Waals surface area (Å²) >= 11 is 2.26. The highest BCUT2D eigenvalue weighted by atomic mass is 127. The van der Waals surface area contributed by atoms with Gasteiger partial charge in [-0.2, -0.15) is 0 Å². The summed E-state index contributed by atoms with van der Waals surface area (Å²) in [5.74, 6) is 1.27. The Labute approximate surface area is 119 Å². The van der Waals surface area contributed by atoms with Gasteiger partial charge in [0.25, 0.3) is 0 Å². The molecule has 0 fully saturated rings. The van der Waals surface area contributed by atoms with Crippen molar-refractivity contribution in [1.82, 2.24) is 9.97 Å². The first-order chi connectivity index (χ1) is 8.70. The molecule has 2 aromatic rings. The van der Waals surface area contributed by atoms with Gasteiger partial charge in [0.1, 0.15) is 12.0 Å². The van der Waals surface area contributed by atoms with Crippen molar-refractivity contribution in [1.29, 1.82) is 0 Å². The van der Waals surface area contributed by atoms with Crippen LogP contribution in [0.5, 0.6) is 0 Å². The Balaban J connectivity index is 2.23. The average molecular weight is 355 g/mol. The molecule has 1 aromatic carbocycles. The maximum atomic E-state index is 6.00. The number of hydrogen-bond donors (Lipinski definition) is 3. The minimum absolute atomic E-state index is 0.526. The SMILES string of the molecule is CCNc1ncnc(Nc2ccc(I)cc2)c1N. The van der Waals surface area contributed by atoms with Crippen LogP contribution in [0.15, 0.2) is 30.6 Å². The second-order valence-corrected chi connectivity index (χ2v) is 4.89. The van der Waals surface area contributed by atoms with E-state index in [0.29, 0.717) is 17.3 Å². The van der Waals surface area contributed by atoms with Crippen molar-refractivity contribution in [3.8, 4) is 0 Å². The van der Waals surface area contributed by atoms with E-state index in [1.165, 1.54) is 9.90 Å². The lowest BCUT2D eigenvalue weighted by Gasteiger charge is -2.11. The lowest BCUT2D eigenvalue weighted by molar-refractivity contribution is 1.12. The first kappa shape index (κ1) is 12.9. The molecule has 0 aliphatic heterocycles. The third-order valence-corrected chi connectivity index (χ3v) is 3.05. The summed E-state index contributed by atoms with van der Waals surface area (Å²) in [6, 6.07) is 8.00. The van der Waals surface area contributed by atoms with E-state index in [0.717, 1.165) is 12.2 Å². The van der Waals surface area contributed by atoms with Gasteiger partial charge in [0, 0.05) is 15.8 Å². The standard InChI is InChI=1S/C12H14IN5/c1-2-15-11-10(14)12(17-7-16-11)18-9-5-3-8(13)4-6-9/h3-7H,2,14H2,1H3,(H2,15,16,17,18). The van der Waals surface area contributed by atoms with Crippen LogP contribution in [-0.4, -0.2) is 16.5 Å². The van der Waals surface area contributed by atoms with E-state index in [2.05, 4.69) is 43.2 Å². The molecule has 4 N–H and O–H groups in total. The molecule has 0 saturated carbocycles. The topological polar surface area (TPSA) is 75.9 Å². The number of halogens is 1. The molecule has 0 bridgehead atoms. The Hall–Kier alpha value is -1.57. The second-order valence-electron chi connectivity index (χ2n) is 3.65. The van der Waals surface area contributed by atoms with Gasteiger partial charge < -0.3 is 16.4 Å². The van der Waals surface area contributed by atoms with Crippen LogP contribution in [0.3, 0.4) is 0 Å². The van der Waals surface area contributed by atoms with Crippen LogP contribution in [0.4, 0.5) is 23.0 Å². The van der Waals surface area contributed by atoms with Crippen molar-refractivity contribution in [3.05, 3.63) is 34.2 Å². The molecule has 2 rings (SSSR count). The quantitative estimate of drug-likeness (QED) is 0.736. The number of rotatable bonds is 4. The van der Waals surface area contributed by atoms with Crippen LogP contribution in [-0.2, 0) is 0 Å². The molecule has 1 heterocycles. The molecule has 0 amide bonds. The number of benzene rings is 1. The predicted octanol–water partition coefficient (Wildman–Crippen LogP) is 2.84. The summed E-state index contributed by atoms with van der Waals surface area (Å²) < 4.78 is 1.18. The minimum Gasteiger partial charge on any atom is -0.393 e. The molecule has 0 saturated heterocycles. The van der Waals surface area contributed by atoms with Gasteiger partial charge >= 0.3 is 0 Å². The fourth-order valence-electron chi connectivity index (χ4n) is 1.47. The lowest BCUT2D eigenvalue weighted by Crippen LogP contribution is -2.07. The summed E-state index contributed by atoms with van der Waals surface area (Å²) in [6.07, 6.45) is 1.49. The largest absolute Gasteiger partial charge is 0.393 e. The first-order valence-corrected chi connectivity index (χ1v) is 6.65. The Morgan fingerprint density at radius 1 is 1.17 bits per heavy atom. The predicted molar refractivity (Wildman–Crippen MR) is 83.0 cm³/mol. The number of nitrogens with two attached hydrogens (primary N) is 1. The van der Waals surface area contributed by atoms with Gasteiger partial charge in [-0.3, -0.25) is 0 Å². The highest BCUT2D eigenvalue weighted by molar-refractivity contribution is 14.1. The lowest BCUT2D eigenvalue weighted by atomic mass is 10.3. The van der Waals surface area contributed by atoms with E-state index in [1.807, 2.05) is 31.2 Å². The molecule has 0 aliphatic carbocycles. The normalized spacial score (nSPS) is 10.1. The van der Waals surface area contributed by atoms with Gasteiger partial charge in [0.05, 0.1) is 0 Å². The third-order valence-electron chi connectivity index (χ3n) is 2.34. The number of nitrogen functional groups attached to an aromatic ring is 1. The molecule has 0 atom stereocenters. The zero-order valence-corrected chi connectivity index (χ0v) is 12.1. The van der Waals surface area contributed by atoms with E-state index in [4.69, 9.17) is 5.73 Å². The van der Waals surface area contributed by atoms with Crippen molar-refractivity contribution in [3.63, 3.8) is 0 Å². The molecular weight excluding hydrogens is 341 g/mol. The fraction of sp³-hybridized carbons (Fsp3) is 0.167. The smallest absolute Gasteiger partial charge is 0.159 e. The third kappa shape index (κ3) is 3.00. The molecule has 1 aromatic heterocycles. The number of hydrogen-bond acceptors (Lipinski definition) is 5. The number of nitrogens with one attached hydrogen (secondary N) is 2. The van der Waals surface area contributed by atoms with Gasteiger partial charge in [-0.15, -0.1) is 0 Å². The second kappa shape index (κ2) is 5.85. The molecule has 0 unspecified atom stereocenters. The van der Waals surface area contributed by atoms with Crippen molar-refractivity contribution in [2.75, 3.05) is 22.9 Å². The van der Waals surface area contributed by atoms with Crippen LogP contribution in [0.25, 0.3) is 0 Å². The van der Waals surface area contributed by atoms with Crippen molar-refractivity contribution >= 4 is 45.6 Å². The van der Waals surface area contributed by atoms with Gasteiger partial charge in [0.2, 0.25) is 0 Å². The number of nitrogens with zero attached hydrogens (tertiary/aromatic N) is 2. The zero-order valence-electron chi connectivity index (χ0n) is 9.94. The maximum Gasteiger partial charge on any atom is 0.159 e. The highest BCUT2D eigenvalue weighted by Gasteiger charge is 2.07. The summed E-state index contributed by atoms with van der Waals surface area (Å²) in [5, 5.41) is 6.27. The van der Waals surface area contributed by atoms with E-state index >= 15 is 0 Å². The molecule has 94 valence electrons. The highest BCUT2D eigenvalue weighted by Crippen LogP contribution is 2.25. The van der Waals surface area contributed by atoms with Crippen LogP contribution >= 0.6 is 22.6 Å². The molecule has 0 spiro atoms. The van der Waals surface area contributed by atoms with E-state index in [1.54, 1.807) is 0 Å². The summed E-state index contributed by atoms with van der Waals surface area (Å²) in [7, 11) is 0. The number of anilines is 4. The Morgan fingerprint density at radius 3 is 2.50 bits per heavy atom. The van der Waals surface area contributed by atoms with Crippen molar-refractivity contribution < 1.29 is 0 Å². The molecule has 6 heteroatoms. The summed E-state index contributed by atoms with van der Waals surface area (Å²) in [5.41, 5.74) is 7.47. The fourth-order valence-corrected chi connectivity index (χ4v) is 1.83. The van der Waals surface area contributed by atoms with E-state index < -0.39 is 0 Å². The van der Waals surface area contributed by atoms with E-state index in [9.17, 15) is 0 Å². The maximum absolute atomic E-state index is 6.00. The van der Waals surface area contributed by atoms with Gasteiger partial charge in [-0.25, -0.2) is 9.97 Å². The van der Waals surface area contributed by atoms with Crippen LogP contribution in [0.2, 0.25) is 0 Å².